The molecule has 4 nitrogen and oxygen atoms in total. The summed E-state index contributed by atoms with van der Waals surface area (Å²) in [6.07, 6.45) is 7.97. The Balaban J connectivity index is 1.62. The van der Waals surface area contributed by atoms with Gasteiger partial charge in [0.25, 0.3) is 5.91 Å². The van der Waals surface area contributed by atoms with Crippen LogP contribution < -0.4 is 5.32 Å². The second-order valence-electron chi connectivity index (χ2n) is 6.46. The van der Waals surface area contributed by atoms with Crippen molar-refractivity contribution in [1.29, 1.82) is 0 Å². The molecule has 2 aliphatic rings. The molecule has 1 N–H and O–H groups in total. The number of carbonyl (C=O) groups excluding carboxylic acids is 1. The summed E-state index contributed by atoms with van der Waals surface area (Å²) in [5, 5.41) is 3.29. The Labute approximate surface area is 126 Å². The summed E-state index contributed by atoms with van der Waals surface area (Å²) in [4.78, 5) is 19.0. The molecule has 0 radical (unpaired) electrons. The molecule has 2 fully saturated rings. The average molecular weight is 287 g/mol. The number of rotatable bonds is 8. The van der Waals surface area contributed by atoms with E-state index in [2.05, 4.69) is 17.2 Å². The largest absolute Gasteiger partial charge is 0.384 e. The minimum absolute atomic E-state index is 0.107. The lowest BCUT2D eigenvalue weighted by atomic mass is 10.2. The van der Waals surface area contributed by atoms with Gasteiger partial charge < -0.3 is 10.2 Å². The third kappa shape index (κ3) is 4.19. The number of hydrogen-bond acceptors (Lipinski definition) is 3. The molecule has 0 atom stereocenters. The molecule has 1 amide bonds. The van der Waals surface area contributed by atoms with Crippen molar-refractivity contribution in [2.24, 2.45) is 11.8 Å². The average Bonchev–Trinajstić information content (AvgIpc) is 3.40. The summed E-state index contributed by atoms with van der Waals surface area (Å²) in [6, 6.07) is 3.81. The predicted molar refractivity (Wildman–Crippen MR) is 84.4 cm³/mol. The van der Waals surface area contributed by atoms with Gasteiger partial charge >= 0.3 is 0 Å². The van der Waals surface area contributed by atoms with Crippen LogP contribution >= 0.6 is 0 Å². The van der Waals surface area contributed by atoms with Gasteiger partial charge in [-0.1, -0.05) is 6.92 Å². The van der Waals surface area contributed by atoms with Crippen molar-refractivity contribution in [2.75, 3.05) is 25.0 Å². The number of nitrogens with zero attached hydrogens (tertiary/aromatic N) is 2. The zero-order valence-corrected chi connectivity index (χ0v) is 12.8. The SMILES string of the molecule is CCCNc1ccc(C(=O)N(CC2CC2)CC2CC2)nc1. The fourth-order valence-corrected chi connectivity index (χ4v) is 2.52. The smallest absolute Gasteiger partial charge is 0.272 e. The molecule has 0 unspecified atom stereocenters. The van der Waals surface area contributed by atoms with Gasteiger partial charge in [-0.25, -0.2) is 4.98 Å². The third-order valence-corrected chi connectivity index (χ3v) is 4.20. The summed E-state index contributed by atoms with van der Waals surface area (Å²) in [7, 11) is 0. The lowest BCUT2D eigenvalue weighted by Gasteiger charge is -2.22. The van der Waals surface area contributed by atoms with Crippen LogP contribution in [0.15, 0.2) is 18.3 Å². The van der Waals surface area contributed by atoms with E-state index in [1.165, 1.54) is 25.7 Å². The van der Waals surface area contributed by atoms with Crippen LogP contribution in [-0.2, 0) is 0 Å². The summed E-state index contributed by atoms with van der Waals surface area (Å²) in [5.41, 5.74) is 1.57. The highest BCUT2D eigenvalue weighted by atomic mass is 16.2. The molecule has 0 aromatic carbocycles. The van der Waals surface area contributed by atoms with E-state index in [0.29, 0.717) is 5.69 Å². The van der Waals surface area contributed by atoms with Crippen LogP contribution in [-0.4, -0.2) is 35.4 Å². The van der Waals surface area contributed by atoms with Crippen molar-refractivity contribution < 1.29 is 4.79 Å². The van der Waals surface area contributed by atoms with Crippen LogP contribution in [0.5, 0.6) is 0 Å². The van der Waals surface area contributed by atoms with Gasteiger partial charge in [0, 0.05) is 19.6 Å². The quantitative estimate of drug-likeness (QED) is 0.799. The summed E-state index contributed by atoms with van der Waals surface area (Å²) in [5.74, 6) is 1.58. The molecule has 4 heteroatoms. The van der Waals surface area contributed by atoms with Crippen LogP contribution in [0.4, 0.5) is 5.69 Å². The lowest BCUT2D eigenvalue weighted by molar-refractivity contribution is 0.0733. The molecule has 2 aliphatic carbocycles. The fourth-order valence-electron chi connectivity index (χ4n) is 2.52. The minimum atomic E-state index is 0.107. The Kier molecular flexibility index (Phi) is 4.42. The van der Waals surface area contributed by atoms with Crippen molar-refractivity contribution in [3.8, 4) is 0 Å². The Bertz CT molecular complexity index is 463. The number of nitrogens with one attached hydrogen (secondary N) is 1. The Morgan fingerprint density at radius 3 is 2.38 bits per heavy atom. The predicted octanol–water partition coefficient (Wildman–Crippen LogP) is 3.17. The van der Waals surface area contributed by atoms with Gasteiger partial charge in [-0.2, -0.15) is 0 Å². The molecule has 0 aliphatic heterocycles. The van der Waals surface area contributed by atoms with Crippen LogP contribution in [0.1, 0.15) is 49.5 Å². The highest BCUT2D eigenvalue weighted by Gasteiger charge is 2.32. The molecule has 0 bridgehead atoms. The normalized spacial score (nSPS) is 17.6. The number of aromatic nitrogens is 1. The van der Waals surface area contributed by atoms with E-state index in [1.807, 2.05) is 17.0 Å². The molecule has 1 aromatic rings. The number of pyridine rings is 1. The molecule has 3 rings (SSSR count). The van der Waals surface area contributed by atoms with E-state index < -0.39 is 0 Å². The molecular formula is C17H25N3O. The summed E-state index contributed by atoms with van der Waals surface area (Å²) < 4.78 is 0. The number of amides is 1. The van der Waals surface area contributed by atoms with E-state index in [0.717, 1.165) is 43.6 Å². The van der Waals surface area contributed by atoms with E-state index in [-0.39, 0.29) is 5.91 Å². The highest BCUT2D eigenvalue weighted by Crippen LogP contribution is 2.34. The maximum atomic E-state index is 12.6. The Morgan fingerprint density at radius 2 is 1.90 bits per heavy atom. The van der Waals surface area contributed by atoms with Gasteiger partial charge in [0.2, 0.25) is 0 Å². The first-order valence-corrected chi connectivity index (χ1v) is 8.25. The number of hydrogen-bond donors (Lipinski definition) is 1. The van der Waals surface area contributed by atoms with Crippen LogP contribution in [0.3, 0.4) is 0 Å². The molecule has 114 valence electrons. The summed E-state index contributed by atoms with van der Waals surface area (Å²) >= 11 is 0. The van der Waals surface area contributed by atoms with Crippen molar-refractivity contribution in [3.63, 3.8) is 0 Å². The molecule has 1 heterocycles. The van der Waals surface area contributed by atoms with E-state index >= 15 is 0 Å². The third-order valence-electron chi connectivity index (χ3n) is 4.20. The summed E-state index contributed by atoms with van der Waals surface area (Å²) in [6.45, 7) is 4.91. The van der Waals surface area contributed by atoms with E-state index in [9.17, 15) is 4.79 Å². The molecule has 1 aromatic heterocycles. The van der Waals surface area contributed by atoms with Gasteiger partial charge in [-0.15, -0.1) is 0 Å². The first-order valence-electron chi connectivity index (χ1n) is 8.25. The van der Waals surface area contributed by atoms with E-state index in [1.54, 1.807) is 6.20 Å². The molecule has 2 saturated carbocycles. The Hall–Kier alpha value is -1.58. The standard InChI is InChI=1S/C17H25N3O/c1-2-9-18-15-7-8-16(19-10-15)17(21)20(11-13-3-4-13)12-14-5-6-14/h7-8,10,13-14,18H,2-6,9,11-12H2,1H3. The molecule has 0 saturated heterocycles. The lowest BCUT2D eigenvalue weighted by Crippen LogP contribution is -2.35. The van der Waals surface area contributed by atoms with Crippen molar-refractivity contribution in [2.45, 2.75) is 39.0 Å². The van der Waals surface area contributed by atoms with Crippen LogP contribution in [0.2, 0.25) is 0 Å². The maximum absolute atomic E-state index is 12.6. The zero-order valence-electron chi connectivity index (χ0n) is 12.8. The van der Waals surface area contributed by atoms with Gasteiger partial charge in [0.05, 0.1) is 11.9 Å². The first kappa shape index (κ1) is 14.4. The highest BCUT2D eigenvalue weighted by molar-refractivity contribution is 5.92. The van der Waals surface area contributed by atoms with Gasteiger partial charge in [-0.05, 0) is 56.1 Å². The fraction of sp³-hybridized carbons (Fsp3) is 0.647. The maximum Gasteiger partial charge on any atom is 0.272 e. The van der Waals surface area contributed by atoms with Crippen LogP contribution in [0.25, 0.3) is 0 Å². The zero-order chi connectivity index (χ0) is 14.7. The topological polar surface area (TPSA) is 45.2 Å². The van der Waals surface area contributed by atoms with Crippen molar-refractivity contribution >= 4 is 11.6 Å². The van der Waals surface area contributed by atoms with Crippen molar-refractivity contribution in [1.82, 2.24) is 9.88 Å². The molecule has 0 spiro atoms. The minimum Gasteiger partial charge on any atom is -0.384 e. The monoisotopic (exact) mass is 287 g/mol. The number of anilines is 1. The van der Waals surface area contributed by atoms with Gasteiger partial charge in [0.1, 0.15) is 5.69 Å². The number of carbonyl (C=O) groups is 1. The molecular weight excluding hydrogens is 262 g/mol. The Morgan fingerprint density at radius 1 is 1.24 bits per heavy atom. The van der Waals surface area contributed by atoms with Crippen LogP contribution in [0, 0.1) is 11.8 Å². The van der Waals surface area contributed by atoms with Crippen molar-refractivity contribution in [3.05, 3.63) is 24.0 Å². The first-order chi connectivity index (χ1) is 10.3. The van der Waals surface area contributed by atoms with E-state index in [4.69, 9.17) is 0 Å². The second-order valence-corrected chi connectivity index (χ2v) is 6.46. The van der Waals surface area contributed by atoms with Gasteiger partial charge in [-0.3, -0.25) is 4.79 Å². The van der Waals surface area contributed by atoms with Gasteiger partial charge in [0.15, 0.2) is 0 Å². The second kappa shape index (κ2) is 6.46. The molecule has 21 heavy (non-hydrogen) atoms.